The van der Waals surface area contributed by atoms with Crippen LogP contribution in [0.3, 0.4) is 0 Å². The Labute approximate surface area is 128 Å². The van der Waals surface area contributed by atoms with Gasteiger partial charge in [-0.3, -0.25) is 0 Å². The number of nitrogens with zero attached hydrogens (tertiary/aromatic N) is 1. The summed E-state index contributed by atoms with van der Waals surface area (Å²) in [6.45, 7) is 1.06. The number of aromatic nitrogens is 1. The second kappa shape index (κ2) is 5.50. The molecule has 21 heavy (non-hydrogen) atoms. The predicted octanol–water partition coefficient (Wildman–Crippen LogP) is 4.12. The van der Waals surface area contributed by atoms with E-state index in [2.05, 4.69) is 5.32 Å². The van der Waals surface area contributed by atoms with Crippen LogP contribution >= 0.6 is 11.3 Å². The van der Waals surface area contributed by atoms with Gasteiger partial charge in [-0.1, -0.05) is 0 Å². The van der Waals surface area contributed by atoms with Crippen LogP contribution in [0.25, 0.3) is 10.6 Å². The van der Waals surface area contributed by atoms with Crippen molar-refractivity contribution < 1.29 is 4.39 Å². The number of hydrogen-bond donors (Lipinski definition) is 1. The molecule has 1 N–H and O–H groups in total. The molecule has 4 rings (SSSR count). The minimum atomic E-state index is -0.188. The van der Waals surface area contributed by atoms with Crippen LogP contribution in [0.1, 0.15) is 42.2 Å². The zero-order valence-electron chi connectivity index (χ0n) is 11.9. The summed E-state index contributed by atoms with van der Waals surface area (Å²) in [5.74, 6) is 0.367. The van der Waals surface area contributed by atoms with Gasteiger partial charge in [0.1, 0.15) is 10.8 Å². The van der Waals surface area contributed by atoms with Gasteiger partial charge in [0.2, 0.25) is 0 Å². The number of rotatable bonds is 4. The first-order valence-corrected chi connectivity index (χ1v) is 8.60. The summed E-state index contributed by atoms with van der Waals surface area (Å²) >= 11 is 1.79. The van der Waals surface area contributed by atoms with E-state index in [1.807, 2.05) is 12.1 Å². The molecular formula is C17H19FN2S. The van der Waals surface area contributed by atoms with E-state index in [1.165, 1.54) is 48.4 Å². The SMILES string of the molecule is Fc1ccc(-c2nc3c(s2)CCCC3CNC2CC2)cc1. The number of benzene rings is 1. The molecule has 2 nitrogen and oxygen atoms in total. The molecule has 1 heterocycles. The van der Waals surface area contributed by atoms with Crippen LogP contribution < -0.4 is 5.32 Å². The summed E-state index contributed by atoms with van der Waals surface area (Å²) in [4.78, 5) is 6.32. The lowest BCUT2D eigenvalue weighted by atomic mass is 9.91. The molecule has 1 atom stereocenters. The first kappa shape index (κ1) is 13.4. The van der Waals surface area contributed by atoms with Gasteiger partial charge in [-0.25, -0.2) is 9.37 Å². The van der Waals surface area contributed by atoms with E-state index in [0.29, 0.717) is 5.92 Å². The van der Waals surface area contributed by atoms with E-state index in [4.69, 9.17) is 4.98 Å². The Bertz CT molecular complexity index is 631. The van der Waals surface area contributed by atoms with Crippen molar-refractivity contribution in [3.63, 3.8) is 0 Å². The van der Waals surface area contributed by atoms with Crippen molar-refractivity contribution in [2.24, 2.45) is 0 Å². The average Bonchev–Trinajstić information content (AvgIpc) is 3.22. The van der Waals surface area contributed by atoms with Gasteiger partial charge in [0.25, 0.3) is 0 Å². The van der Waals surface area contributed by atoms with Gasteiger partial charge in [0.05, 0.1) is 5.69 Å². The van der Waals surface area contributed by atoms with Crippen molar-refractivity contribution in [1.29, 1.82) is 0 Å². The second-order valence-corrected chi connectivity index (χ2v) is 7.19. The maximum Gasteiger partial charge on any atom is 0.123 e. The molecule has 1 saturated carbocycles. The van der Waals surface area contributed by atoms with E-state index >= 15 is 0 Å². The molecular weight excluding hydrogens is 283 g/mol. The highest BCUT2D eigenvalue weighted by Crippen LogP contribution is 2.38. The summed E-state index contributed by atoms with van der Waals surface area (Å²) in [7, 11) is 0. The highest BCUT2D eigenvalue weighted by Gasteiger charge is 2.27. The van der Waals surface area contributed by atoms with Gasteiger partial charge in [0.15, 0.2) is 0 Å². The van der Waals surface area contributed by atoms with E-state index in [-0.39, 0.29) is 5.82 Å². The average molecular weight is 302 g/mol. The zero-order chi connectivity index (χ0) is 14.2. The molecule has 1 unspecified atom stereocenters. The molecule has 110 valence electrons. The monoisotopic (exact) mass is 302 g/mol. The third kappa shape index (κ3) is 2.87. The summed E-state index contributed by atoms with van der Waals surface area (Å²) in [5, 5.41) is 4.68. The van der Waals surface area contributed by atoms with Gasteiger partial charge >= 0.3 is 0 Å². The van der Waals surface area contributed by atoms with Crippen LogP contribution in [0, 0.1) is 5.82 Å². The Balaban J connectivity index is 1.58. The van der Waals surface area contributed by atoms with Crippen LogP contribution in [-0.2, 0) is 6.42 Å². The lowest BCUT2D eigenvalue weighted by Gasteiger charge is -2.21. The van der Waals surface area contributed by atoms with Crippen molar-refractivity contribution in [3.05, 3.63) is 40.7 Å². The number of halogens is 1. The van der Waals surface area contributed by atoms with Gasteiger partial charge < -0.3 is 5.32 Å². The van der Waals surface area contributed by atoms with Crippen LogP contribution in [0.2, 0.25) is 0 Å². The molecule has 1 aromatic heterocycles. The van der Waals surface area contributed by atoms with E-state index < -0.39 is 0 Å². The van der Waals surface area contributed by atoms with Gasteiger partial charge in [-0.05, 0) is 56.4 Å². The number of nitrogens with one attached hydrogen (secondary N) is 1. The third-order valence-corrected chi connectivity index (χ3v) is 5.57. The van der Waals surface area contributed by atoms with E-state index in [1.54, 1.807) is 11.3 Å². The summed E-state index contributed by atoms with van der Waals surface area (Å²) < 4.78 is 13.0. The van der Waals surface area contributed by atoms with Crippen molar-refractivity contribution in [1.82, 2.24) is 10.3 Å². The largest absolute Gasteiger partial charge is 0.313 e. The maximum atomic E-state index is 13.0. The summed E-state index contributed by atoms with van der Waals surface area (Å²) in [6, 6.07) is 7.45. The zero-order valence-corrected chi connectivity index (χ0v) is 12.8. The lowest BCUT2D eigenvalue weighted by molar-refractivity contribution is 0.500. The Kier molecular flexibility index (Phi) is 3.51. The van der Waals surface area contributed by atoms with Crippen LogP contribution in [0.5, 0.6) is 0 Å². The minimum absolute atomic E-state index is 0.188. The third-order valence-electron chi connectivity index (χ3n) is 4.39. The molecule has 4 heteroatoms. The van der Waals surface area contributed by atoms with Crippen LogP contribution in [-0.4, -0.2) is 17.6 Å². The number of fused-ring (bicyclic) bond motifs is 1. The molecule has 0 spiro atoms. The van der Waals surface area contributed by atoms with Gasteiger partial charge in [-0.2, -0.15) is 0 Å². The van der Waals surface area contributed by atoms with Crippen molar-refractivity contribution in [3.8, 4) is 10.6 Å². The molecule has 1 fully saturated rings. The first-order chi connectivity index (χ1) is 10.3. The molecule has 0 bridgehead atoms. The summed E-state index contributed by atoms with van der Waals surface area (Å²) in [5.41, 5.74) is 2.32. The van der Waals surface area contributed by atoms with Crippen LogP contribution in [0.15, 0.2) is 24.3 Å². The fourth-order valence-electron chi connectivity index (χ4n) is 3.02. The number of hydrogen-bond acceptors (Lipinski definition) is 3. The fourth-order valence-corrected chi connectivity index (χ4v) is 4.21. The molecule has 2 aromatic rings. The lowest BCUT2D eigenvalue weighted by Crippen LogP contribution is -2.25. The quantitative estimate of drug-likeness (QED) is 0.919. The highest BCUT2D eigenvalue weighted by molar-refractivity contribution is 7.15. The van der Waals surface area contributed by atoms with Gasteiger partial charge in [-0.15, -0.1) is 11.3 Å². The Morgan fingerprint density at radius 1 is 1.19 bits per heavy atom. The molecule has 0 radical (unpaired) electrons. The maximum absolute atomic E-state index is 13.0. The van der Waals surface area contributed by atoms with Crippen molar-refractivity contribution in [2.75, 3.05) is 6.54 Å². The van der Waals surface area contributed by atoms with E-state index in [9.17, 15) is 4.39 Å². The molecule has 2 aliphatic carbocycles. The Morgan fingerprint density at radius 3 is 2.76 bits per heavy atom. The topological polar surface area (TPSA) is 24.9 Å². The smallest absolute Gasteiger partial charge is 0.123 e. The van der Waals surface area contributed by atoms with Crippen molar-refractivity contribution >= 4 is 11.3 Å². The summed E-state index contributed by atoms with van der Waals surface area (Å²) in [6.07, 6.45) is 6.30. The molecule has 1 aromatic carbocycles. The van der Waals surface area contributed by atoms with Crippen LogP contribution in [0.4, 0.5) is 4.39 Å². The molecule has 2 aliphatic rings. The Morgan fingerprint density at radius 2 is 2.00 bits per heavy atom. The molecule has 0 saturated heterocycles. The second-order valence-electron chi connectivity index (χ2n) is 6.11. The first-order valence-electron chi connectivity index (χ1n) is 7.78. The minimum Gasteiger partial charge on any atom is -0.313 e. The fraction of sp³-hybridized carbons (Fsp3) is 0.471. The number of thiazole rings is 1. The Hall–Kier alpha value is -1.26. The standard InChI is InChI=1S/C17H19FN2S/c18-13-6-4-11(5-7-13)17-20-16-12(10-19-14-8-9-14)2-1-3-15(16)21-17/h4-7,12,14,19H,1-3,8-10H2. The number of aryl methyl sites for hydroxylation is 1. The molecule has 0 aliphatic heterocycles. The van der Waals surface area contributed by atoms with Gasteiger partial charge in [0, 0.05) is 28.9 Å². The normalized spacial score (nSPS) is 21.3. The molecule has 0 amide bonds. The van der Waals surface area contributed by atoms with Crippen molar-refractivity contribution in [2.45, 2.75) is 44.1 Å². The highest BCUT2D eigenvalue weighted by atomic mass is 32.1. The predicted molar refractivity (Wildman–Crippen MR) is 84.2 cm³/mol. The van der Waals surface area contributed by atoms with E-state index in [0.717, 1.165) is 29.6 Å².